The molecule has 4 rings (SSSR count). The van der Waals surface area contributed by atoms with Gasteiger partial charge in [0.05, 0.1) is 29.3 Å². The van der Waals surface area contributed by atoms with Crippen molar-refractivity contribution in [3.63, 3.8) is 0 Å². The molecule has 29 heavy (non-hydrogen) atoms. The van der Waals surface area contributed by atoms with E-state index in [9.17, 15) is 9.90 Å². The van der Waals surface area contributed by atoms with Gasteiger partial charge in [0.25, 0.3) is 5.56 Å². The minimum atomic E-state index is -0.692. The number of ether oxygens (including phenoxy) is 1. The monoisotopic (exact) mass is 401 g/mol. The molecular formula is C20H28BN3O5. The average molecular weight is 401 g/mol. The Balaban J connectivity index is 1.85. The maximum Gasteiger partial charge on any atom is 0.495 e. The van der Waals surface area contributed by atoms with Crippen molar-refractivity contribution in [1.29, 1.82) is 0 Å². The summed E-state index contributed by atoms with van der Waals surface area (Å²) >= 11 is 0. The lowest BCUT2D eigenvalue weighted by Gasteiger charge is -2.32. The smallest absolute Gasteiger partial charge is 0.399 e. The number of aryl methyl sites for hydroxylation is 1. The van der Waals surface area contributed by atoms with Gasteiger partial charge < -0.3 is 19.2 Å². The van der Waals surface area contributed by atoms with Gasteiger partial charge in [-0.05, 0) is 70.6 Å². The third kappa shape index (κ3) is 3.20. The van der Waals surface area contributed by atoms with Crippen molar-refractivity contribution in [1.82, 2.24) is 15.0 Å². The van der Waals surface area contributed by atoms with E-state index in [-0.39, 0.29) is 12.2 Å². The zero-order valence-electron chi connectivity index (χ0n) is 17.9. The molecule has 1 N–H and O–H groups in total. The number of aromatic nitrogens is 3. The minimum absolute atomic E-state index is 0.232. The predicted molar refractivity (Wildman–Crippen MR) is 109 cm³/mol. The molecule has 0 radical (unpaired) electrons. The van der Waals surface area contributed by atoms with Crippen LogP contribution in [0.3, 0.4) is 0 Å². The number of nitrogens with zero attached hydrogens (tertiary/aromatic N) is 3. The first-order valence-corrected chi connectivity index (χ1v) is 10.0. The van der Waals surface area contributed by atoms with Gasteiger partial charge in [-0.15, -0.1) is 5.10 Å². The molecule has 2 aromatic rings. The predicted octanol–water partition coefficient (Wildman–Crippen LogP) is 1.03. The van der Waals surface area contributed by atoms with Gasteiger partial charge in [-0.3, -0.25) is 4.79 Å². The van der Waals surface area contributed by atoms with Crippen LogP contribution in [0.2, 0.25) is 0 Å². The maximum atomic E-state index is 13.3. The molecule has 156 valence electrons. The Morgan fingerprint density at radius 3 is 2.45 bits per heavy atom. The van der Waals surface area contributed by atoms with Crippen LogP contribution in [0.25, 0.3) is 10.9 Å². The summed E-state index contributed by atoms with van der Waals surface area (Å²) in [7, 11) is -0.576. The van der Waals surface area contributed by atoms with Gasteiger partial charge in [-0.2, -0.15) is 0 Å². The third-order valence-electron chi connectivity index (χ3n) is 6.70. The Bertz CT molecular complexity index is 1000. The Morgan fingerprint density at radius 1 is 1.17 bits per heavy atom. The molecule has 1 aromatic carbocycles. The number of aliphatic hydroxyl groups excluding tert-OH is 1. The number of hydrogen-bond acceptors (Lipinski definition) is 7. The molecule has 3 heterocycles. The SMILES string of the molecule is Cc1c(B2OC(C)(C)C(C)(C)O2)cc2c(=O)n(C3COCCC3O)nnc2c1C. The summed E-state index contributed by atoms with van der Waals surface area (Å²) in [6.07, 6.45) is -0.231. The first-order chi connectivity index (χ1) is 13.5. The second-order valence-corrected chi connectivity index (χ2v) is 9.04. The second-order valence-electron chi connectivity index (χ2n) is 9.04. The van der Waals surface area contributed by atoms with Gasteiger partial charge in [0.15, 0.2) is 0 Å². The standard InChI is InChI=1S/C20H28BN3O5/c1-11-12(2)17-13(9-14(11)21-28-19(3,4)20(5,6)29-21)18(26)24(23-22-17)15-10-27-8-7-16(15)25/h9,15-16,25H,7-8,10H2,1-6H3. The second kappa shape index (κ2) is 6.87. The zero-order valence-corrected chi connectivity index (χ0v) is 17.9. The molecule has 2 saturated heterocycles. The topological polar surface area (TPSA) is 95.7 Å². The Morgan fingerprint density at radius 2 is 1.83 bits per heavy atom. The van der Waals surface area contributed by atoms with E-state index in [1.165, 1.54) is 4.68 Å². The molecular weight excluding hydrogens is 373 g/mol. The molecule has 1 aromatic heterocycles. The molecule has 0 amide bonds. The van der Waals surface area contributed by atoms with Crippen LogP contribution in [-0.2, 0) is 14.0 Å². The molecule has 0 aliphatic carbocycles. The average Bonchev–Trinajstić information content (AvgIpc) is 2.86. The molecule has 2 atom stereocenters. The number of aliphatic hydroxyl groups is 1. The van der Waals surface area contributed by atoms with Crippen molar-refractivity contribution in [3.05, 3.63) is 27.5 Å². The summed E-state index contributed by atoms with van der Waals surface area (Å²) in [5, 5.41) is 19.2. The lowest BCUT2D eigenvalue weighted by Crippen LogP contribution is -2.42. The van der Waals surface area contributed by atoms with E-state index < -0.39 is 30.5 Å². The van der Waals surface area contributed by atoms with E-state index in [0.29, 0.717) is 23.9 Å². The van der Waals surface area contributed by atoms with Gasteiger partial charge in [0, 0.05) is 6.61 Å². The molecule has 0 spiro atoms. The first-order valence-electron chi connectivity index (χ1n) is 10.0. The van der Waals surface area contributed by atoms with E-state index in [0.717, 1.165) is 16.6 Å². The Hall–Kier alpha value is -1.81. The molecule has 0 saturated carbocycles. The lowest BCUT2D eigenvalue weighted by atomic mass is 9.74. The first kappa shape index (κ1) is 20.5. The largest absolute Gasteiger partial charge is 0.495 e. The summed E-state index contributed by atoms with van der Waals surface area (Å²) in [6.45, 7) is 12.6. The summed E-state index contributed by atoms with van der Waals surface area (Å²) in [4.78, 5) is 13.3. The lowest BCUT2D eigenvalue weighted by molar-refractivity contribution is -0.0352. The van der Waals surface area contributed by atoms with Crippen LogP contribution in [0.5, 0.6) is 0 Å². The molecule has 2 fully saturated rings. The highest BCUT2D eigenvalue weighted by Gasteiger charge is 2.52. The van der Waals surface area contributed by atoms with Crippen molar-refractivity contribution in [2.75, 3.05) is 13.2 Å². The fourth-order valence-corrected chi connectivity index (χ4v) is 3.85. The van der Waals surface area contributed by atoms with E-state index in [1.807, 2.05) is 41.5 Å². The Kier molecular flexibility index (Phi) is 4.85. The Labute approximate surface area is 170 Å². The van der Waals surface area contributed by atoms with Gasteiger partial charge in [0.1, 0.15) is 11.6 Å². The normalized spacial score (nSPS) is 26.2. The fourth-order valence-electron chi connectivity index (χ4n) is 3.85. The van der Waals surface area contributed by atoms with Crippen LogP contribution in [0.15, 0.2) is 10.9 Å². The van der Waals surface area contributed by atoms with Crippen molar-refractivity contribution in [2.45, 2.75) is 71.3 Å². The van der Waals surface area contributed by atoms with Crippen LogP contribution in [0.4, 0.5) is 0 Å². The number of hydrogen-bond donors (Lipinski definition) is 1. The van der Waals surface area contributed by atoms with Gasteiger partial charge >= 0.3 is 7.12 Å². The van der Waals surface area contributed by atoms with Gasteiger partial charge in [0.2, 0.25) is 0 Å². The van der Waals surface area contributed by atoms with Crippen LogP contribution < -0.4 is 11.0 Å². The molecule has 2 aliphatic rings. The quantitative estimate of drug-likeness (QED) is 0.751. The highest BCUT2D eigenvalue weighted by Crippen LogP contribution is 2.37. The van der Waals surface area contributed by atoms with Crippen molar-refractivity contribution in [3.8, 4) is 0 Å². The number of rotatable bonds is 2. The maximum absolute atomic E-state index is 13.3. The third-order valence-corrected chi connectivity index (χ3v) is 6.70. The molecule has 9 heteroatoms. The van der Waals surface area contributed by atoms with E-state index in [1.54, 1.807) is 6.07 Å². The zero-order chi connectivity index (χ0) is 21.1. The van der Waals surface area contributed by atoms with Crippen molar-refractivity contribution >= 4 is 23.5 Å². The van der Waals surface area contributed by atoms with Crippen LogP contribution >= 0.6 is 0 Å². The van der Waals surface area contributed by atoms with Crippen molar-refractivity contribution < 1.29 is 19.2 Å². The molecule has 2 aliphatic heterocycles. The van der Waals surface area contributed by atoms with E-state index in [4.69, 9.17) is 14.0 Å². The highest BCUT2D eigenvalue weighted by atomic mass is 16.7. The highest BCUT2D eigenvalue weighted by molar-refractivity contribution is 6.63. The summed E-state index contributed by atoms with van der Waals surface area (Å²) in [6, 6.07) is 1.25. The van der Waals surface area contributed by atoms with Gasteiger partial charge in [-0.1, -0.05) is 5.21 Å². The summed E-state index contributed by atoms with van der Waals surface area (Å²) < 4.78 is 19.1. The van der Waals surface area contributed by atoms with E-state index in [2.05, 4.69) is 10.3 Å². The summed E-state index contributed by atoms with van der Waals surface area (Å²) in [5.41, 5.74) is 1.93. The molecule has 2 unspecified atom stereocenters. The minimum Gasteiger partial charge on any atom is -0.399 e. The van der Waals surface area contributed by atoms with Gasteiger partial charge in [-0.25, -0.2) is 4.68 Å². The van der Waals surface area contributed by atoms with Crippen LogP contribution in [0.1, 0.15) is 51.3 Å². The van der Waals surface area contributed by atoms with Crippen molar-refractivity contribution in [2.24, 2.45) is 0 Å². The number of fused-ring (bicyclic) bond motifs is 1. The van der Waals surface area contributed by atoms with Crippen LogP contribution in [0, 0.1) is 13.8 Å². The van der Waals surface area contributed by atoms with Crippen LogP contribution in [-0.4, -0.2) is 57.7 Å². The summed E-state index contributed by atoms with van der Waals surface area (Å²) in [5.74, 6) is 0. The fraction of sp³-hybridized carbons (Fsp3) is 0.650. The number of benzene rings is 1. The van der Waals surface area contributed by atoms with E-state index >= 15 is 0 Å². The molecule has 8 nitrogen and oxygen atoms in total. The molecule has 0 bridgehead atoms.